The molecule has 1 saturated heterocycles. The van der Waals surface area contributed by atoms with Crippen LogP contribution in [0.1, 0.15) is 44.3 Å². The van der Waals surface area contributed by atoms with E-state index in [1.165, 1.54) is 0 Å². The highest BCUT2D eigenvalue weighted by atomic mass is 32.1. The van der Waals surface area contributed by atoms with Gasteiger partial charge in [0.1, 0.15) is 10.6 Å². The van der Waals surface area contributed by atoms with E-state index in [9.17, 15) is 0 Å². The van der Waals surface area contributed by atoms with Crippen LogP contribution < -0.4 is 5.73 Å². The van der Waals surface area contributed by atoms with Crippen LogP contribution in [0.4, 0.5) is 0 Å². The minimum absolute atomic E-state index is 0.324. The molecule has 1 aliphatic rings. The molecule has 102 valence electrons. The minimum atomic E-state index is -0.334. The zero-order valence-corrected chi connectivity index (χ0v) is 12.2. The fraction of sp³-hybridized carbons (Fsp3) is 0.769. The molecule has 0 spiro atoms. The van der Waals surface area contributed by atoms with E-state index in [4.69, 9.17) is 20.2 Å². The predicted molar refractivity (Wildman–Crippen MR) is 72.7 cm³/mol. The smallest absolute Gasteiger partial charge is 0.124 e. The van der Waals surface area contributed by atoms with E-state index in [0.717, 1.165) is 36.8 Å². The van der Waals surface area contributed by atoms with Gasteiger partial charge in [0, 0.05) is 25.2 Å². The summed E-state index contributed by atoms with van der Waals surface area (Å²) in [6, 6.07) is 0. The van der Waals surface area contributed by atoms with Gasteiger partial charge in [0.15, 0.2) is 0 Å². The first-order valence-electron chi connectivity index (χ1n) is 6.45. The molecule has 0 amide bonds. The summed E-state index contributed by atoms with van der Waals surface area (Å²) in [7, 11) is 0. The Morgan fingerprint density at radius 2 is 2.17 bits per heavy atom. The molecule has 0 atom stereocenters. The molecule has 5 heteroatoms. The summed E-state index contributed by atoms with van der Waals surface area (Å²) >= 11 is 1.63. The van der Waals surface area contributed by atoms with Crippen LogP contribution in [0.3, 0.4) is 0 Å². The second-order valence-electron chi connectivity index (χ2n) is 5.25. The first kappa shape index (κ1) is 13.9. The highest BCUT2D eigenvalue weighted by Gasteiger charge is 2.34. The van der Waals surface area contributed by atoms with Gasteiger partial charge in [-0.15, -0.1) is 11.3 Å². The van der Waals surface area contributed by atoms with E-state index in [0.29, 0.717) is 6.61 Å². The van der Waals surface area contributed by atoms with E-state index in [1.807, 2.05) is 20.8 Å². The molecule has 0 radical (unpaired) electrons. The van der Waals surface area contributed by atoms with Crippen molar-refractivity contribution in [2.75, 3.05) is 19.8 Å². The molecule has 1 aromatic rings. The predicted octanol–water partition coefficient (Wildman–Crippen LogP) is 2.38. The third-order valence-electron chi connectivity index (χ3n) is 3.42. The summed E-state index contributed by atoms with van der Waals surface area (Å²) in [4.78, 5) is 4.71. The van der Waals surface area contributed by atoms with Crippen LogP contribution in [0, 0.1) is 0 Å². The van der Waals surface area contributed by atoms with Gasteiger partial charge in [-0.2, -0.15) is 0 Å². The van der Waals surface area contributed by atoms with Gasteiger partial charge in [-0.25, -0.2) is 4.98 Å². The van der Waals surface area contributed by atoms with Crippen molar-refractivity contribution in [3.63, 3.8) is 0 Å². The van der Waals surface area contributed by atoms with Crippen LogP contribution in [0.25, 0.3) is 0 Å². The normalized spacial score (nSPS) is 20.0. The third-order valence-corrected chi connectivity index (χ3v) is 4.57. The van der Waals surface area contributed by atoms with Gasteiger partial charge in [-0.3, -0.25) is 0 Å². The van der Waals surface area contributed by atoms with E-state index < -0.39 is 0 Å². The number of nitrogens with two attached hydrogens (primary N) is 1. The monoisotopic (exact) mass is 270 g/mol. The number of rotatable bonds is 4. The maximum atomic E-state index is 6.43. The lowest BCUT2D eigenvalue weighted by molar-refractivity contribution is -0.0145. The number of hydrogen-bond acceptors (Lipinski definition) is 5. The summed E-state index contributed by atoms with van der Waals surface area (Å²) in [6.45, 7) is 8.22. The van der Waals surface area contributed by atoms with Crippen molar-refractivity contribution < 1.29 is 9.47 Å². The topological polar surface area (TPSA) is 57.4 Å². The van der Waals surface area contributed by atoms with Crippen LogP contribution in [0.5, 0.6) is 0 Å². The molecule has 0 aromatic carbocycles. The third kappa shape index (κ3) is 2.74. The maximum Gasteiger partial charge on any atom is 0.124 e. The fourth-order valence-electron chi connectivity index (χ4n) is 2.19. The summed E-state index contributed by atoms with van der Waals surface area (Å²) in [5.74, 6) is 0. The average molecular weight is 270 g/mol. The van der Waals surface area contributed by atoms with Crippen molar-refractivity contribution in [3.05, 3.63) is 16.1 Å². The highest BCUT2D eigenvalue weighted by molar-refractivity contribution is 7.09. The van der Waals surface area contributed by atoms with E-state index in [1.54, 1.807) is 11.3 Å². The van der Waals surface area contributed by atoms with Crippen LogP contribution in [-0.2, 0) is 20.6 Å². The van der Waals surface area contributed by atoms with Gasteiger partial charge >= 0.3 is 0 Å². The fourth-order valence-corrected chi connectivity index (χ4v) is 3.20. The van der Waals surface area contributed by atoms with E-state index >= 15 is 0 Å². The lowest BCUT2D eigenvalue weighted by Gasteiger charge is -2.32. The Balaban J connectivity index is 2.19. The molecule has 0 bridgehead atoms. The SMILES string of the molecule is CCOC(C)(C)c1nc(C2(N)CCOCC2)cs1. The first-order chi connectivity index (χ1) is 8.48. The standard InChI is InChI=1S/C13H22N2O2S/c1-4-17-12(2,3)11-15-10(9-18-11)13(14)5-7-16-8-6-13/h9H,4-8,14H2,1-3H3. The number of aromatic nitrogens is 1. The molecular weight excluding hydrogens is 248 g/mol. The Bertz CT molecular complexity index is 397. The molecule has 4 nitrogen and oxygen atoms in total. The molecule has 0 saturated carbocycles. The summed E-state index contributed by atoms with van der Waals surface area (Å²) < 4.78 is 11.1. The molecule has 2 N–H and O–H groups in total. The zero-order valence-electron chi connectivity index (χ0n) is 11.4. The molecule has 1 fully saturated rings. The summed E-state index contributed by atoms with van der Waals surface area (Å²) in [5.41, 5.74) is 6.76. The van der Waals surface area contributed by atoms with Gasteiger partial charge in [-0.1, -0.05) is 0 Å². The minimum Gasteiger partial charge on any atom is -0.381 e. The molecule has 1 aromatic heterocycles. The quantitative estimate of drug-likeness (QED) is 0.912. The number of hydrogen-bond donors (Lipinski definition) is 1. The molecule has 0 aliphatic carbocycles. The van der Waals surface area contributed by atoms with E-state index in [-0.39, 0.29) is 11.1 Å². The van der Waals surface area contributed by atoms with Gasteiger partial charge in [-0.05, 0) is 33.6 Å². The van der Waals surface area contributed by atoms with Crippen molar-refractivity contribution in [2.45, 2.75) is 44.8 Å². The van der Waals surface area contributed by atoms with Gasteiger partial charge < -0.3 is 15.2 Å². The zero-order chi connectivity index (χ0) is 13.2. The summed E-state index contributed by atoms with van der Waals surface area (Å²) in [6.07, 6.45) is 1.68. The van der Waals surface area contributed by atoms with Crippen LogP contribution in [0.2, 0.25) is 0 Å². The maximum absolute atomic E-state index is 6.43. The van der Waals surface area contributed by atoms with Crippen LogP contribution in [0.15, 0.2) is 5.38 Å². The van der Waals surface area contributed by atoms with E-state index in [2.05, 4.69) is 5.38 Å². The second kappa shape index (κ2) is 5.25. The van der Waals surface area contributed by atoms with Crippen molar-refractivity contribution >= 4 is 11.3 Å². The molecule has 2 rings (SSSR count). The molecule has 18 heavy (non-hydrogen) atoms. The second-order valence-corrected chi connectivity index (χ2v) is 6.11. The summed E-state index contributed by atoms with van der Waals surface area (Å²) in [5, 5.41) is 3.07. The van der Waals surface area contributed by atoms with Crippen molar-refractivity contribution in [1.29, 1.82) is 0 Å². The van der Waals surface area contributed by atoms with Crippen molar-refractivity contribution in [2.24, 2.45) is 5.73 Å². The Morgan fingerprint density at radius 3 is 2.78 bits per heavy atom. The Labute approximate surface area is 113 Å². The molecular formula is C13H22N2O2S. The van der Waals surface area contributed by atoms with Crippen LogP contribution >= 0.6 is 11.3 Å². The molecule has 2 heterocycles. The Morgan fingerprint density at radius 1 is 1.50 bits per heavy atom. The Hall–Kier alpha value is -0.490. The highest BCUT2D eigenvalue weighted by Crippen LogP contribution is 2.34. The van der Waals surface area contributed by atoms with Crippen molar-refractivity contribution in [3.8, 4) is 0 Å². The average Bonchev–Trinajstić information content (AvgIpc) is 2.80. The number of nitrogens with zero attached hydrogens (tertiary/aromatic N) is 1. The molecule has 1 aliphatic heterocycles. The van der Waals surface area contributed by atoms with Gasteiger partial charge in [0.25, 0.3) is 0 Å². The van der Waals surface area contributed by atoms with Gasteiger partial charge in [0.2, 0.25) is 0 Å². The largest absolute Gasteiger partial charge is 0.381 e. The molecule has 0 unspecified atom stereocenters. The van der Waals surface area contributed by atoms with Crippen LogP contribution in [-0.4, -0.2) is 24.8 Å². The lowest BCUT2D eigenvalue weighted by Crippen LogP contribution is -2.42. The lowest BCUT2D eigenvalue weighted by atomic mass is 9.88. The first-order valence-corrected chi connectivity index (χ1v) is 7.33. The number of ether oxygens (including phenoxy) is 2. The van der Waals surface area contributed by atoms with Gasteiger partial charge in [0.05, 0.1) is 11.2 Å². The Kier molecular flexibility index (Phi) is 4.06. The number of thiazole rings is 1. The van der Waals surface area contributed by atoms with Crippen molar-refractivity contribution in [1.82, 2.24) is 4.98 Å².